The summed E-state index contributed by atoms with van der Waals surface area (Å²) in [7, 11) is 1.49. The van der Waals surface area contributed by atoms with Crippen LogP contribution in [0.25, 0.3) is 0 Å². The monoisotopic (exact) mass is 255 g/mol. The first-order chi connectivity index (χ1) is 6.61. The van der Waals surface area contributed by atoms with Crippen molar-refractivity contribution in [3.05, 3.63) is 21.7 Å². The molecular formula is C10H10BrNO2. The summed E-state index contributed by atoms with van der Waals surface area (Å²) in [5, 5.41) is 18.3. The number of methoxy groups -OCH3 is 1. The highest BCUT2D eigenvalue weighted by atomic mass is 79.9. The summed E-state index contributed by atoms with van der Waals surface area (Å²) in [6.45, 7) is 1.83. The highest BCUT2D eigenvalue weighted by Crippen LogP contribution is 2.38. The van der Waals surface area contributed by atoms with Gasteiger partial charge in [0.25, 0.3) is 0 Å². The van der Waals surface area contributed by atoms with Crippen LogP contribution in [0.4, 0.5) is 0 Å². The van der Waals surface area contributed by atoms with Gasteiger partial charge in [0, 0.05) is 15.6 Å². The van der Waals surface area contributed by atoms with Crippen molar-refractivity contribution in [2.75, 3.05) is 7.11 Å². The quantitative estimate of drug-likeness (QED) is 0.884. The van der Waals surface area contributed by atoms with E-state index < -0.39 is 0 Å². The van der Waals surface area contributed by atoms with E-state index in [0.29, 0.717) is 11.3 Å². The van der Waals surface area contributed by atoms with Crippen LogP contribution < -0.4 is 4.74 Å². The molecule has 0 aromatic heterocycles. The van der Waals surface area contributed by atoms with Gasteiger partial charge in [-0.1, -0.05) is 15.9 Å². The Morgan fingerprint density at radius 2 is 2.29 bits per heavy atom. The van der Waals surface area contributed by atoms with Crippen molar-refractivity contribution in [1.82, 2.24) is 0 Å². The number of hydrogen-bond acceptors (Lipinski definition) is 3. The summed E-state index contributed by atoms with van der Waals surface area (Å²) in [5.74, 6) is 0.472. The van der Waals surface area contributed by atoms with Crippen molar-refractivity contribution in [3.63, 3.8) is 0 Å². The van der Waals surface area contributed by atoms with E-state index in [-0.39, 0.29) is 12.2 Å². The van der Waals surface area contributed by atoms with Gasteiger partial charge in [0.15, 0.2) is 11.5 Å². The third kappa shape index (κ3) is 1.83. The van der Waals surface area contributed by atoms with Crippen molar-refractivity contribution in [1.29, 1.82) is 5.26 Å². The molecule has 0 saturated carbocycles. The Morgan fingerprint density at radius 3 is 2.79 bits per heavy atom. The molecule has 0 unspecified atom stereocenters. The average molecular weight is 256 g/mol. The van der Waals surface area contributed by atoms with Gasteiger partial charge in [0.05, 0.1) is 19.6 Å². The van der Waals surface area contributed by atoms with E-state index in [1.807, 2.05) is 13.0 Å². The molecule has 0 radical (unpaired) electrons. The molecule has 0 atom stereocenters. The first-order valence-corrected chi connectivity index (χ1v) is 4.83. The lowest BCUT2D eigenvalue weighted by Crippen LogP contribution is -1.93. The van der Waals surface area contributed by atoms with Crippen LogP contribution in [-0.4, -0.2) is 12.2 Å². The van der Waals surface area contributed by atoms with Gasteiger partial charge in [-0.25, -0.2) is 0 Å². The van der Waals surface area contributed by atoms with Crippen LogP contribution in [0.5, 0.6) is 11.5 Å². The first kappa shape index (κ1) is 10.9. The Labute approximate surface area is 91.1 Å². The van der Waals surface area contributed by atoms with Gasteiger partial charge in [-0.05, 0) is 13.0 Å². The van der Waals surface area contributed by atoms with Crippen molar-refractivity contribution in [2.45, 2.75) is 13.3 Å². The summed E-state index contributed by atoms with van der Waals surface area (Å²) < 4.78 is 5.89. The number of hydrogen-bond donors (Lipinski definition) is 1. The lowest BCUT2D eigenvalue weighted by atomic mass is 10.1. The van der Waals surface area contributed by atoms with Crippen LogP contribution in [0.15, 0.2) is 10.5 Å². The first-order valence-electron chi connectivity index (χ1n) is 4.03. The number of ether oxygens (including phenoxy) is 1. The maximum absolute atomic E-state index is 9.73. The number of aromatic hydroxyl groups is 1. The zero-order chi connectivity index (χ0) is 10.7. The normalized spacial score (nSPS) is 9.57. The summed E-state index contributed by atoms with van der Waals surface area (Å²) in [5.41, 5.74) is 1.40. The number of nitriles is 1. The number of halogens is 1. The maximum atomic E-state index is 9.73. The smallest absolute Gasteiger partial charge is 0.164 e. The molecule has 0 spiro atoms. The van der Waals surface area contributed by atoms with E-state index in [0.717, 1.165) is 10.0 Å². The summed E-state index contributed by atoms with van der Waals surface area (Å²) >= 11 is 3.34. The Bertz CT molecular complexity index is 396. The number of benzene rings is 1. The second kappa shape index (κ2) is 4.34. The van der Waals surface area contributed by atoms with Crippen molar-refractivity contribution in [3.8, 4) is 17.6 Å². The summed E-state index contributed by atoms with van der Waals surface area (Å²) in [6.07, 6.45) is 0.168. The van der Waals surface area contributed by atoms with Gasteiger partial charge in [0.2, 0.25) is 0 Å². The van der Waals surface area contributed by atoms with Crippen molar-refractivity contribution in [2.24, 2.45) is 0 Å². The molecule has 0 bridgehead atoms. The zero-order valence-electron chi connectivity index (χ0n) is 7.97. The second-order valence-electron chi connectivity index (χ2n) is 2.86. The fourth-order valence-corrected chi connectivity index (χ4v) is 1.69. The van der Waals surface area contributed by atoms with Crippen molar-refractivity contribution >= 4 is 15.9 Å². The molecule has 1 aromatic carbocycles. The third-order valence-electron chi connectivity index (χ3n) is 1.99. The summed E-state index contributed by atoms with van der Waals surface area (Å²) in [4.78, 5) is 0. The predicted molar refractivity (Wildman–Crippen MR) is 56.4 cm³/mol. The van der Waals surface area contributed by atoms with Crippen LogP contribution in [0.2, 0.25) is 0 Å². The van der Waals surface area contributed by atoms with Crippen LogP contribution in [0, 0.1) is 18.3 Å². The molecule has 0 aliphatic rings. The molecule has 3 nitrogen and oxygen atoms in total. The molecular weight excluding hydrogens is 246 g/mol. The molecule has 0 aliphatic heterocycles. The van der Waals surface area contributed by atoms with Gasteiger partial charge in [0.1, 0.15) is 0 Å². The Balaban J connectivity index is 3.36. The number of phenols is 1. The van der Waals surface area contributed by atoms with E-state index in [9.17, 15) is 5.11 Å². The zero-order valence-corrected chi connectivity index (χ0v) is 9.55. The SMILES string of the molecule is COc1c(C)c(Br)cc(CC#N)c1O. The van der Waals surface area contributed by atoms with Crippen LogP contribution in [0.1, 0.15) is 11.1 Å². The number of phenolic OH excluding ortho intramolecular Hbond substituents is 1. The van der Waals surface area contributed by atoms with E-state index in [4.69, 9.17) is 10.00 Å². The molecule has 0 heterocycles. The standard InChI is InChI=1S/C10H10BrNO2/c1-6-8(11)5-7(3-4-12)9(13)10(6)14-2/h5,13H,3H2,1-2H3. The van der Waals surface area contributed by atoms with Gasteiger partial charge in [-0.3, -0.25) is 0 Å². The minimum absolute atomic E-state index is 0.0507. The molecule has 4 heteroatoms. The van der Waals surface area contributed by atoms with E-state index in [1.165, 1.54) is 7.11 Å². The summed E-state index contributed by atoms with van der Waals surface area (Å²) in [6, 6.07) is 3.72. The molecule has 14 heavy (non-hydrogen) atoms. The minimum atomic E-state index is 0.0507. The lowest BCUT2D eigenvalue weighted by molar-refractivity contribution is 0.368. The topological polar surface area (TPSA) is 53.2 Å². The van der Waals surface area contributed by atoms with Crippen molar-refractivity contribution < 1.29 is 9.84 Å². The van der Waals surface area contributed by atoms with Gasteiger partial charge in [-0.2, -0.15) is 5.26 Å². The maximum Gasteiger partial charge on any atom is 0.164 e. The molecule has 0 amide bonds. The molecule has 1 rings (SSSR count). The molecule has 1 N–H and O–H groups in total. The minimum Gasteiger partial charge on any atom is -0.504 e. The van der Waals surface area contributed by atoms with Gasteiger partial charge < -0.3 is 9.84 Å². The molecule has 1 aromatic rings. The van der Waals surface area contributed by atoms with Gasteiger partial charge in [-0.15, -0.1) is 0 Å². The fourth-order valence-electron chi connectivity index (χ4n) is 1.23. The van der Waals surface area contributed by atoms with Crippen LogP contribution >= 0.6 is 15.9 Å². The second-order valence-corrected chi connectivity index (χ2v) is 3.71. The Hall–Kier alpha value is -1.21. The van der Waals surface area contributed by atoms with Crippen LogP contribution in [-0.2, 0) is 6.42 Å². The molecule has 0 aliphatic carbocycles. The average Bonchev–Trinajstić information content (AvgIpc) is 2.16. The molecule has 74 valence electrons. The Kier molecular flexibility index (Phi) is 3.37. The van der Waals surface area contributed by atoms with E-state index >= 15 is 0 Å². The predicted octanol–water partition coefficient (Wildman–Crippen LogP) is 2.54. The van der Waals surface area contributed by atoms with E-state index in [1.54, 1.807) is 6.07 Å². The Morgan fingerprint density at radius 1 is 1.64 bits per heavy atom. The van der Waals surface area contributed by atoms with Gasteiger partial charge >= 0.3 is 0 Å². The van der Waals surface area contributed by atoms with Crippen LogP contribution in [0.3, 0.4) is 0 Å². The lowest BCUT2D eigenvalue weighted by Gasteiger charge is -2.11. The highest BCUT2D eigenvalue weighted by Gasteiger charge is 2.13. The third-order valence-corrected chi connectivity index (χ3v) is 2.82. The largest absolute Gasteiger partial charge is 0.504 e. The number of rotatable bonds is 2. The van der Waals surface area contributed by atoms with E-state index in [2.05, 4.69) is 15.9 Å². The fraction of sp³-hybridized carbons (Fsp3) is 0.300. The number of nitrogens with zero attached hydrogens (tertiary/aromatic N) is 1. The molecule has 0 fully saturated rings. The highest BCUT2D eigenvalue weighted by molar-refractivity contribution is 9.10. The molecule has 0 saturated heterocycles.